The van der Waals surface area contributed by atoms with Gasteiger partial charge in [0, 0.05) is 11.6 Å². The molecule has 3 aromatic rings. The number of thiocarbonyl (C=S) groups is 1. The van der Waals surface area contributed by atoms with Crippen molar-refractivity contribution in [2.45, 2.75) is 25.8 Å². The first-order chi connectivity index (χ1) is 13.9. The molecule has 0 spiro atoms. The summed E-state index contributed by atoms with van der Waals surface area (Å²) in [6.45, 7) is 4.44. The third-order valence-corrected chi connectivity index (χ3v) is 6.10. The molecule has 0 unspecified atom stereocenters. The van der Waals surface area contributed by atoms with Crippen LogP contribution in [0.15, 0.2) is 53.6 Å². The van der Waals surface area contributed by atoms with Crippen LogP contribution in [0.2, 0.25) is 0 Å². The Kier molecular flexibility index (Phi) is 4.99. The van der Waals surface area contributed by atoms with Crippen molar-refractivity contribution in [3.63, 3.8) is 0 Å². The number of nitriles is 1. The van der Waals surface area contributed by atoms with Crippen molar-refractivity contribution in [3.8, 4) is 6.07 Å². The Morgan fingerprint density at radius 1 is 1.31 bits per heavy atom. The van der Waals surface area contributed by atoms with E-state index in [0.717, 1.165) is 44.3 Å². The predicted molar refractivity (Wildman–Crippen MR) is 121 cm³/mol. The summed E-state index contributed by atoms with van der Waals surface area (Å²) in [7, 11) is 0. The van der Waals surface area contributed by atoms with Gasteiger partial charge in [-0.25, -0.2) is 0 Å². The van der Waals surface area contributed by atoms with E-state index < -0.39 is 5.41 Å². The Morgan fingerprint density at radius 3 is 2.83 bits per heavy atom. The quantitative estimate of drug-likeness (QED) is 0.476. The Morgan fingerprint density at radius 2 is 2.10 bits per heavy atom. The molecule has 29 heavy (non-hydrogen) atoms. The molecular formula is C22H18N4OS2. The largest absolute Gasteiger partial charge is 0.307 e. The highest BCUT2D eigenvalue weighted by molar-refractivity contribution is 8.19. The number of aromatic nitrogens is 2. The van der Waals surface area contributed by atoms with Crippen LogP contribution in [0, 0.1) is 11.3 Å². The lowest BCUT2D eigenvalue weighted by Crippen LogP contribution is -2.17. The Labute approximate surface area is 178 Å². The van der Waals surface area contributed by atoms with E-state index in [1.165, 1.54) is 0 Å². The van der Waals surface area contributed by atoms with Crippen molar-refractivity contribution in [2.24, 2.45) is 0 Å². The van der Waals surface area contributed by atoms with Crippen LogP contribution in [0.1, 0.15) is 30.5 Å². The van der Waals surface area contributed by atoms with Gasteiger partial charge in [-0.05, 0) is 60.5 Å². The summed E-state index contributed by atoms with van der Waals surface area (Å²) in [4.78, 5) is 12.7. The van der Waals surface area contributed by atoms with E-state index >= 15 is 0 Å². The van der Waals surface area contributed by atoms with Crippen LogP contribution in [0.25, 0.3) is 17.0 Å². The van der Waals surface area contributed by atoms with Gasteiger partial charge in [0.2, 0.25) is 0 Å². The number of carbonyl (C=O) groups excluding carboxylic acids is 1. The number of nitrogens with one attached hydrogen (secondary N) is 1. The van der Waals surface area contributed by atoms with Gasteiger partial charge in [-0.3, -0.25) is 9.48 Å². The van der Waals surface area contributed by atoms with Crippen molar-refractivity contribution in [2.75, 3.05) is 0 Å². The van der Waals surface area contributed by atoms with E-state index in [0.29, 0.717) is 11.5 Å². The molecule has 1 N–H and O–H groups in total. The van der Waals surface area contributed by atoms with Crippen molar-refractivity contribution in [1.29, 1.82) is 5.26 Å². The molecule has 2 heterocycles. The van der Waals surface area contributed by atoms with Crippen molar-refractivity contribution in [1.82, 2.24) is 15.1 Å². The highest BCUT2D eigenvalue weighted by Gasteiger charge is 2.23. The van der Waals surface area contributed by atoms with Gasteiger partial charge >= 0.3 is 0 Å². The van der Waals surface area contributed by atoms with Crippen molar-refractivity contribution in [3.05, 3.63) is 70.3 Å². The van der Waals surface area contributed by atoms with E-state index in [2.05, 4.69) is 16.5 Å². The van der Waals surface area contributed by atoms with Gasteiger partial charge in [-0.1, -0.05) is 42.5 Å². The minimum atomic E-state index is -0.564. The number of thioether (sulfide) groups is 1. The van der Waals surface area contributed by atoms with Gasteiger partial charge in [-0.15, -0.1) is 0 Å². The molecule has 5 nitrogen and oxygen atoms in total. The maximum Gasteiger partial charge on any atom is 0.289 e. The van der Waals surface area contributed by atoms with E-state index in [-0.39, 0.29) is 5.24 Å². The average Bonchev–Trinajstić information content (AvgIpc) is 3.23. The van der Waals surface area contributed by atoms with Crippen molar-refractivity contribution >= 4 is 51.2 Å². The molecule has 2 aromatic carbocycles. The summed E-state index contributed by atoms with van der Waals surface area (Å²) in [6, 6.07) is 16.3. The molecule has 1 aliphatic rings. The van der Waals surface area contributed by atoms with Gasteiger partial charge in [0.15, 0.2) is 0 Å². The topological polar surface area (TPSA) is 70.7 Å². The van der Waals surface area contributed by atoms with Gasteiger partial charge < -0.3 is 5.32 Å². The number of benzene rings is 2. The predicted octanol–water partition coefficient (Wildman–Crippen LogP) is 5.01. The monoisotopic (exact) mass is 418 g/mol. The Hall–Kier alpha value is -2.95. The summed E-state index contributed by atoms with van der Waals surface area (Å²) in [5.74, 6) is 0. The Bertz CT molecular complexity index is 1220. The molecule has 0 bridgehead atoms. The fourth-order valence-electron chi connectivity index (χ4n) is 3.34. The van der Waals surface area contributed by atoms with E-state index in [9.17, 15) is 10.1 Å². The maximum atomic E-state index is 11.5. The van der Waals surface area contributed by atoms with Crippen LogP contribution >= 0.6 is 24.0 Å². The highest BCUT2D eigenvalue weighted by Crippen LogP contribution is 2.28. The Balaban J connectivity index is 1.65. The van der Waals surface area contributed by atoms with E-state index in [4.69, 9.17) is 12.2 Å². The standard InChI is InChI=1S/C22H18N4OS2/c1-22(2,13-23)17-6-4-3-5-15(17)11-26-12-16-9-14(7-8-18(16)25-26)10-19-20(28)24-21(27)29-19/h3-10,12H,11H2,1-2H3,(H,24,27,28)/b19-10-. The first-order valence-corrected chi connectivity index (χ1v) is 10.3. The lowest BCUT2D eigenvalue weighted by Gasteiger charge is -2.20. The SMILES string of the molecule is CC(C)(C#N)c1ccccc1Cn1cc2cc(/C=C3\SC(=O)NC3=S)ccc2n1. The fourth-order valence-corrected chi connectivity index (χ4v) is 4.37. The molecule has 7 heteroatoms. The van der Waals surface area contributed by atoms with Crippen LogP contribution in [-0.2, 0) is 12.0 Å². The van der Waals surface area contributed by atoms with E-state index in [1.54, 1.807) is 0 Å². The highest BCUT2D eigenvalue weighted by atomic mass is 32.2. The van der Waals surface area contributed by atoms with Crippen molar-refractivity contribution < 1.29 is 4.79 Å². The van der Waals surface area contributed by atoms with E-state index in [1.807, 2.05) is 73.3 Å². The summed E-state index contributed by atoms with van der Waals surface area (Å²) < 4.78 is 1.90. The van der Waals surface area contributed by atoms with Gasteiger partial charge in [0.05, 0.1) is 28.5 Å². The minimum absolute atomic E-state index is 0.144. The average molecular weight is 419 g/mol. The van der Waals surface area contributed by atoms with Crippen LogP contribution < -0.4 is 5.32 Å². The zero-order chi connectivity index (χ0) is 20.6. The summed E-state index contributed by atoms with van der Waals surface area (Å²) in [5.41, 5.74) is 3.37. The van der Waals surface area contributed by atoms with Crippen LogP contribution in [0.3, 0.4) is 0 Å². The second-order valence-corrected chi connectivity index (χ2v) is 8.81. The second-order valence-electron chi connectivity index (χ2n) is 7.39. The second kappa shape index (κ2) is 7.47. The normalized spacial score (nSPS) is 15.7. The fraction of sp³-hybridized carbons (Fsp3) is 0.182. The molecule has 1 fully saturated rings. The number of amides is 1. The summed E-state index contributed by atoms with van der Waals surface area (Å²) in [5, 5.41) is 17.7. The summed E-state index contributed by atoms with van der Waals surface area (Å²) in [6.07, 6.45) is 3.91. The van der Waals surface area contributed by atoms with Gasteiger partial charge in [0.25, 0.3) is 5.24 Å². The van der Waals surface area contributed by atoms with Gasteiger partial charge in [0.1, 0.15) is 4.99 Å². The van der Waals surface area contributed by atoms with Gasteiger partial charge in [-0.2, -0.15) is 10.4 Å². The smallest absolute Gasteiger partial charge is 0.289 e. The van der Waals surface area contributed by atoms with Crippen LogP contribution in [-0.4, -0.2) is 20.0 Å². The molecule has 0 saturated carbocycles. The number of fused-ring (bicyclic) bond motifs is 1. The molecule has 1 aliphatic heterocycles. The molecular weight excluding hydrogens is 400 g/mol. The number of nitrogens with zero attached hydrogens (tertiary/aromatic N) is 3. The first-order valence-electron chi connectivity index (χ1n) is 9.07. The minimum Gasteiger partial charge on any atom is -0.307 e. The zero-order valence-electron chi connectivity index (χ0n) is 16.0. The molecule has 0 radical (unpaired) electrons. The number of hydrogen-bond acceptors (Lipinski definition) is 5. The molecule has 144 valence electrons. The lowest BCUT2D eigenvalue weighted by atomic mass is 9.83. The maximum absolute atomic E-state index is 11.5. The third kappa shape index (κ3) is 3.95. The molecule has 0 atom stereocenters. The number of hydrogen-bond donors (Lipinski definition) is 1. The third-order valence-electron chi connectivity index (χ3n) is 4.82. The van der Waals surface area contributed by atoms with Crippen LogP contribution in [0.5, 0.6) is 0 Å². The van der Waals surface area contributed by atoms with Crippen LogP contribution in [0.4, 0.5) is 4.79 Å². The summed E-state index contributed by atoms with van der Waals surface area (Å²) >= 11 is 6.29. The first kappa shape index (κ1) is 19.4. The molecule has 4 rings (SSSR count). The number of carbonyl (C=O) groups is 1. The molecule has 1 aromatic heterocycles. The molecule has 1 amide bonds. The number of rotatable bonds is 4. The zero-order valence-corrected chi connectivity index (χ0v) is 17.6. The molecule has 0 aliphatic carbocycles. The lowest BCUT2D eigenvalue weighted by molar-refractivity contribution is 0.265. The molecule has 1 saturated heterocycles.